The normalized spacial score (nSPS) is 11.5. The Morgan fingerprint density at radius 2 is 1.44 bits per heavy atom. The van der Waals surface area contributed by atoms with Crippen LogP contribution in [-0.2, 0) is 18.5 Å². The summed E-state index contributed by atoms with van der Waals surface area (Å²) in [6.45, 7) is 11.0. The van der Waals surface area contributed by atoms with E-state index in [1.54, 1.807) is 0 Å². The average Bonchev–Trinajstić information content (AvgIpc) is 2.59. The van der Waals surface area contributed by atoms with Crippen molar-refractivity contribution in [2.45, 2.75) is 41.2 Å². The predicted octanol–water partition coefficient (Wildman–Crippen LogP) is 3.71. The van der Waals surface area contributed by atoms with Gasteiger partial charge in [-0.1, -0.05) is 0 Å². The van der Waals surface area contributed by atoms with Crippen LogP contribution >= 0.6 is 0 Å². The topological polar surface area (TPSA) is 34.4 Å². The molecule has 1 N–H and O–H groups in total. The maximum atomic E-state index is 8.73. The van der Waals surface area contributed by atoms with Crippen LogP contribution in [0.5, 0.6) is 0 Å². The van der Waals surface area contributed by atoms with Gasteiger partial charge in [-0.15, -0.1) is 0 Å². The van der Waals surface area contributed by atoms with Crippen LogP contribution in [0.2, 0.25) is 0 Å². The Bertz CT molecular complexity index is 573. The molecule has 18 heavy (non-hydrogen) atoms. The second kappa shape index (κ2) is 4.41. The summed E-state index contributed by atoms with van der Waals surface area (Å²) in [6, 6.07) is 0. The van der Waals surface area contributed by atoms with Crippen molar-refractivity contribution in [1.29, 1.82) is 0 Å². The molecule has 0 aliphatic rings. The van der Waals surface area contributed by atoms with Crippen molar-refractivity contribution in [1.82, 2.24) is 4.57 Å². The van der Waals surface area contributed by atoms with Gasteiger partial charge in [0.25, 0.3) is 0 Å². The Kier molecular flexibility index (Phi) is 3.21. The van der Waals surface area contributed by atoms with Gasteiger partial charge in [-0.2, -0.15) is 0 Å². The van der Waals surface area contributed by atoms with E-state index in [9.17, 15) is 0 Å². The van der Waals surface area contributed by atoms with E-state index in [1.165, 1.54) is 38.7 Å². The predicted molar refractivity (Wildman–Crippen MR) is 74.0 cm³/mol. The molecule has 2 rings (SSSR count). The van der Waals surface area contributed by atoms with Crippen LogP contribution in [0.25, 0.3) is 10.9 Å². The number of benzene rings is 1. The molecule has 1 aromatic heterocycles. The van der Waals surface area contributed by atoms with Crippen molar-refractivity contribution in [2.75, 3.05) is 0 Å². The van der Waals surface area contributed by atoms with E-state index in [0.29, 0.717) is 0 Å². The molecule has 0 saturated heterocycles. The second-order valence-corrected chi connectivity index (χ2v) is 5.13. The van der Waals surface area contributed by atoms with Gasteiger partial charge in [0, 0.05) is 12.4 Å². The number of aryl methyl sites for hydroxylation is 4. The van der Waals surface area contributed by atoms with E-state index in [-0.39, 0.29) is 6.61 Å². The highest BCUT2D eigenvalue weighted by Crippen LogP contribution is 2.34. The summed E-state index contributed by atoms with van der Waals surface area (Å²) < 4.78 is 2.13. The lowest BCUT2D eigenvalue weighted by atomic mass is 9.94. The Morgan fingerprint density at radius 1 is 0.889 bits per heavy atom. The zero-order valence-corrected chi connectivity index (χ0v) is 12.0. The van der Waals surface area contributed by atoms with Gasteiger partial charge in [-0.3, -0.25) is 5.26 Å². The van der Waals surface area contributed by atoms with Gasteiger partial charge >= 0.3 is 0 Å². The summed E-state index contributed by atoms with van der Waals surface area (Å²) in [6.07, 6.45) is 0. The molecule has 0 radical (unpaired) electrons. The summed E-state index contributed by atoms with van der Waals surface area (Å²) >= 11 is 0. The highest BCUT2D eigenvalue weighted by atomic mass is 17.1. The fourth-order valence-electron chi connectivity index (χ4n) is 2.97. The van der Waals surface area contributed by atoms with Gasteiger partial charge in [-0.05, 0) is 62.4 Å². The van der Waals surface area contributed by atoms with Gasteiger partial charge < -0.3 is 4.57 Å². The lowest BCUT2D eigenvalue weighted by molar-refractivity contribution is -0.254. The highest BCUT2D eigenvalue weighted by molar-refractivity contribution is 5.92. The molecule has 0 amide bonds. The molecule has 1 heterocycles. The van der Waals surface area contributed by atoms with E-state index >= 15 is 0 Å². The first-order valence-corrected chi connectivity index (χ1v) is 6.22. The minimum absolute atomic E-state index is 0.230. The summed E-state index contributed by atoms with van der Waals surface area (Å²) in [5.41, 5.74) is 8.81. The second-order valence-electron chi connectivity index (χ2n) is 5.13. The molecule has 1 aromatic carbocycles. The smallest absolute Gasteiger partial charge is 0.122 e. The molecule has 0 aliphatic carbocycles. The van der Waals surface area contributed by atoms with E-state index in [2.05, 4.69) is 44.1 Å². The van der Waals surface area contributed by atoms with Crippen LogP contribution in [-0.4, -0.2) is 9.82 Å². The third-order valence-electron chi connectivity index (χ3n) is 4.40. The zero-order chi connectivity index (χ0) is 13.6. The first kappa shape index (κ1) is 13.1. The lowest BCUT2D eigenvalue weighted by Gasteiger charge is -2.13. The fourth-order valence-corrected chi connectivity index (χ4v) is 2.97. The van der Waals surface area contributed by atoms with Crippen LogP contribution in [0.4, 0.5) is 0 Å². The number of fused-ring (bicyclic) bond motifs is 1. The van der Waals surface area contributed by atoms with E-state index < -0.39 is 0 Å². The Balaban J connectivity index is 2.98. The van der Waals surface area contributed by atoms with Crippen LogP contribution in [0.15, 0.2) is 0 Å². The summed E-state index contributed by atoms with van der Waals surface area (Å²) in [4.78, 5) is 4.34. The zero-order valence-electron chi connectivity index (χ0n) is 12.0. The first-order valence-electron chi connectivity index (χ1n) is 6.22. The molecule has 3 heteroatoms. The number of hydrogen-bond acceptors (Lipinski definition) is 2. The van der Waals surface area contributed by atoms with Crippen molar-refractivity contribution in [3.8, 4) is 0 Å². The van der Waals surface area contributed by atoms with Crippen LogP contribution in [0.3, 0.4) is 0 Å². The monoisotopic (exact) mass is 247 g/mol. The van der Waals surface area contributed by atoms with Crippen molar-refractivity contribution >= 4 is 10.9 Å². The Labute approximate surface area is 108 Å². The molecule has 2 aromatic rings. The molecule has 3 nitrogen and oxygen atoms in total. The number of rotatable bonds is 2. The van der Waals surface area contributed by atoms with Crippen molar-refractivity contribution in [3.63, 3.8) is 0 Å². The van der Waals surface area contributed by atoms with Gasteiger partial charge in [0.05, 0.1) is 11.2 Å². The van der Waals surface area contributed by atoms with Crippen LogP contribution in [0, 0.1) is 34.6 Å². The molecule has 0 fully saturated rings. The van der Waals surface area contributed by atoms with Gasteiger partial charge in [0.1, 0.15) is 6.61 Å². The standard InChI is InChI=1S/C15H21NO2/c1-8-9(2)11(4)15-14(10(8)3)12(5)13(7-18-17)16(15)6/h17H,7H2,1-6H3. The molecule has 0 aliphatic heterocycles. The molecule has 0 saturated carbocycles. The maximum absolute atomic E-state index is 8.73. The summed E-state index contributed by atoms with van der Waals surface area (Å²) in [5, 5.41) is 10.0. The molecule has 98 valence electrons. The lowest BCUT2D eigenvalue weighted by Crippen LogP contribution is -2.00. The fraction of sp³-hybridized carbons (Fsp3) is 0.467. The molecular formula is C15H21NO2. The van der Waals surface area contributed by atoms with E-state index in [1.807, 2.05) is 7.05 Å². The van der Waals surface area contributed by atoms with E-state index in [4.69, 9.17) is 5.26 Å². The average molecular weight is 247 g/mol. The Morgan fingerprint density at radius 3 is 2.00 bits per heavy atom. The van der Waals surface area contributed by atoms with Crippen LogP contribution in [0.1, 0.15) is 33.5 Å². The van der Waals surface area contributed by atoms with Gasteiger partial charge in [0.2, 0.25) is 0 Å². The number of aromatic nitrogens is 1. The first-order chi connectivity index (χ1) is 8.41. The quantitative estimate of drug-likeness (QED) is 0.648. The van der Waals surface area contributed by atoms with Crippen molar-refractivity contribution in [3.05, 3.63) is 33.5 Å². The third kappa shape index (κ3) is 1.58. The molecule has 0 bridgehead atoms. The Hall–Kier alpha value is -1.32. The third-order valence-corrected chi connectivity index (χ3v) is 4.40. The molecule has 0 spiro atoms. The molecule has 0 unspecified atom stereocenters. The minimum Gasteiger partial charge on any atom is -0.345 e. The minimum atomic E-state index is 0.230. The molecular weight excluding hydrogens is 226 g/mol. The number of nitrogens with zero attached hydrogens (tertiary/aromatic N) is 1. The largest absolute Gasteiger partial charge is 0.345 e. The van der Waals surface area contributed by atoms with Crippen molar-refractivity contribution in [2.24, 2.45) is 7.05 Å². The SMILES string of the molecule is Cc1c(C)c(C)c2c(c1C)c(C)c(COO)n2C. The maximum Gasteiger partial charge on any atom is 0.122 e. The van der Waals surface area contributed by atoms with Crippen molar-refractivity contribution < 1.29 is 10.1 Å². The summed E-state index contributed by atoms with van der Waals surface area (Å²) in [5.74, 6) is 0. The van der Waals surface area contributed by atoms with E-state index in [0.717, 1.165) is 5.69 Å². The van der Waals surface area contributed by atoms with Crippen LogP contribution < -0.4 is 0 Å². The number of hydrogen-bond donors (Lipinski definition) is 1. The van der Waals surface area contributed by atoms with Gasteiger partial charge in [-0.25, -0.2) is 4.89 Å². The highest BCUT2D eigenvalue weighted by Gasteiger charge is 2.18. The van der Waals surface area contributed by atoms with Gasteiger partial charge in [0.15, 0.2) is 0 Å². The molecule has 0 atom stereocenters. The summed E-state index contributed by atoms with van der Waals surface area (Å²) in [7, 11) is 2.03.